The van der Waals surface area contributed by atoms with E-state index in [1.54, 1.807) is 13.1 Å². The fourth-order valence-electron chi connectivity index (χ4n) is 2.03. The van der Waals surface area contributed by atoms with Crippen LogP contribution in [-0.2, 0) is 0 Å². The van der Waals surface area contributed by atoms with Gasteiger partial charge >= 0.3 is 0 Å². The lowest BCUT2D eigenvalue weighted by Gasteiger charge is -2.37. The molecule has 1 aromatic heterocycles. The van der Waals surface area contributed by atoms with Crippen molar-refractivity contribution >= 4 is 28.9 Å². The minimum atomic E-state index is -0.627. The van der Waals surface area contributed by atoms with Crippen molar-refractivity contribution in [1.82, 2.24) is 10.6 Å². The number of hydrogen-bond acceptors (Lipinski definition) is 4. The molecule has 0 amide bonds. The van der Waals surface area contributed by atoms with Crippen LogP contribution in [0.15, 0.2) is 17.1 Å². The fraction of sp³-hybridized carbons (Fsp3) is 0.615. The maximum atomic E-state index is 10.0. The maximum absolute atomic E-state index is 10.0. The van der Waals surface area contributed by atoms with E-state index in [0.29, 0.717) is 23.4 Å². The van der Waals surface area contributed by atoms with E-state index in [2.05, 4.69) is 15.6 Å². The van der Waals surface area contributed by atoms with Gasteiger partial charge in [0.2, 0.25) is 0 Å². The lowest BCUT2D eigenvalue weighted by atomic mass is 9.80. The summed E-state index contributed by atoms with van der Waals surface area (Å²) in [6, 6.07) is 3.58. The van der Waals surface area contributed by atoms with Gasteiger partial charge in [-0.1, -0.05) is 11.6 Å². The Morgan fingerprint density at radius 3 is 2.75 bits per heavy atom. The third-order valence-corrected chi connectivity index (χ3v) is 4.81. The highest BCUT2D eigenvalue weighted by Crippen LogP contribution is 2.30. The topological polar surface area (TPSA) is 76.9 Å². The van der Waals surface area contributed by atoms with Crippen LogP contribution in [-0.4, -0.2) is 41.9 Å². The lowest BCUT2D eigenvalue weighted by Crippen LogP contribution is -2.51. The molecule has 1 aromatic rings. The molecule has 0 radical (unpaired) electrons. The molecule has 0 spiro atoms. The van der Waals surface area contributed by atoms with Gasteiger partial charge in [0.1, 0.15) is 6.10 Å². The molecule has 0 bridgehead atoms. The molecule has 5 nitrogen and oxygen atoms in total. The van der Waals surface area contributed by atoms with E-state index in [0.717, 1.165) is 24.1 Å². The largest absolute Gasteiger partial charge is 0.388 e. The molecule has 1 saturated carbocycles. The van der Waals surface area contributed by atoms with E-state index < -0.39 is 11.7 Å². The zero-order chi connectivity index (χ0) is 14.6. The van der Waals surface area contributed by atoms with Crippen LogP contribution in [0.5, 0.6) is 0 Å². The van der Waals surface area contributed by atoms with Crippen LogP contribution in [0, 0.1) is 0 Å². The highest BCUT2D eigenvalue weighted by molar-refractivity contribution is 7.16. The van der Waals surface area contributed by atoms with Gasteiger partial charge in [-0.15, -0.1) is 11.3 Å². The van der Waals surface area contributed by atoms with Crippen molar-refractivity contribution in [3.8, 4) is 0 Å². The summed E-state index contributed by atoms with van der Waals surface area (Å²) >= 11 is 7.20. The van der Waals surface area contributed by atoms with Crippen LogP contribution >= 0.6 is 22.9 Å². The second kappa shape index (κ2) is 6.76. The Hall–Kier alpha value is -0.820. The number of aliphatic hydroxyl groups excluding tert-OH is 1. The Morgan fingerprint density at radius 1 is 1.50 bits per heavy atom. The minimum Gasteiger partial charge on any atom is -0.388 e. The van der Waals surface area contributed by atoms with Gasteiger partial charge in [-0.3, -0.25) is 4.99 Å². The number of hydrogen-bond donors (Lipinski definition) is 4. The molecule has 0 saturated heterocycles. The number of guanidine groups is 1. The SMILES string of the molecule is CN=C(NCC(O)c1ccc(Cl)s1)NCC1(O)CCC1. The van der Waals surface area contributed by atoms with Gasteiger partial charge < -0.3 is 20.8 Å². The molecule has 1 heterocycles. The van der Waals surface area contributed by atoms with Crippen LogP contribution in [0.25, 0.3) is 0 Å². The predicted molar refractivity (Wildman–Crippen MR) is 82.5 cm³/mol. The number of aliphatic hydroxyl groups is 2. The average Bonchev–Trinajstić information content (AvgIpc) is 2.83. The minimum absolute atomic E-state index is 0.342. The molecule has 1 fully saturated rings. The van der Waals surface area contributed by atoms with Crippen LogP contribution in [0.1, 0.15) is 30.2 Å². The first-order chi connectivity index (χ1) is 9.52. The van der Waals surface area contributed by atoms with E-state index in [9.17, 15) is 10.2 Å². The van der Waals surface area contributed by atoms with Gasteiger partial charge in [-0.05, 0) is 31.4 Å². The lowest BCUT2D eigenvalue weighted by molar-refractivity contribution is -0.0279. The molecule has 0 aliphatic heterocycles. The Labute approximate surface area is 127 Å². The van der Waals surface area contributed by atoms with E-state index in [-0.39, 0.29) is 0 Å². The Bertz CT molecular complexity index is 474. The van der Waals surface area contributed by atoms with E-state index in [1.807, 2.05) is 6.07 Å². The summed E-state index contributed by atoms with van der Waals surface area (Å²) in [6.45, 7) is 0.822. The van der Waals surface area contributed by atoms with Gasteiger partial charge in [-0.2, -0.15) is 0 Å². The Balaban J connectivity index is 1.76. The zero-order valence-electron chi connectivity index (χ0n) is 11.4. The number of thiophene rings is 1. The molecule has 1 atom stereocenters. The van der Waals surface area contributed by atoms with E-state index in [4.69, 9.17) is 11.6 Å². The average molecular weight is 318 g/mol. The van der Waals surface area contributed by atoms with Crippen molar-refractivity contribution in [3.63, 3.8) is 0 Å². The van der Waals surface area contributed by atoms with Crippen molar-refractivity contribution < 1.29 is 10.2 Å². The standard InChI is InChI=1S/C13H20ClN3O2S/c1-15-12(17-8-13(19)5-2-6-13)16-7-9(18)10-3-4-11(14)20-10/h3-4,9,18-19H,2,5-8H2,1H3,(H2,15,16,17). The van der Waals surface area contributed by atoms with Crippen molar-refractivity contribution in [2.45, 2.75) is 31.0 Å². The maximum Gasteiger partial charge on any atom is 0.191 e. The third kappa shape index (κ3) is 4.09. The first kappa shape index (κ1) is 15.6. The first-order valence-electron chi connectivity index (χ1n) is 6.63. The van der Waals surface area contributed by atoms with Crippen LogP contribution in [0.3, 0.4) is 0 Å². The van der Waals surface area contributed by atoms with Crippen molar-refractivity contribution in [2.75, 3.05) is 20.1 Å². The van der Waals surface area contributed by atoms with Crippen molar-refractivity contribution in [1.29, 1.82) is 0 Å². The summed E-state index contributed by atoms with van der Waals surface area (Å²) in [4.78, 5) is 4.89. The number of nitrogens with one attached hydrogen (secondary N) is 2. The summed E-state index contributed by atoms with van der Waals surface area (Å²) in [6.07, 6.45) is 2.10. The monoisotopic (exact) mass is 317 g/mol. The zero-order valence-corrected chi connectivity index (χ0v) is 13.0. The second-order valence-electron chi connectivity index (χ2n) is 5.04. The van der Waals surface area contributed by atoms with Gasteiger partial charge in [0.05, 0.1) is 9.94 Å². The van der Waals surface area contributed by atoms with Crippen LogP contribution < -0.4 is 10.6 Å². The summed E-state index contributed by atoms with van der Waals surface area (Å²) in [5, 5.41) is 26.1. The van der Waals surface area contributed by atoms with E-state index >= 15 is 0 Å². The summed E-state index contributed by atoms with van der Waals surface area (Å²) in [5.74, 6) is 0.576. The number of aliphatic imine (C=N–C) groups is 1. The molecule has 20 heavy (non-hydrogen) atoms. The molecular weight excluding hydrogens is 298 g/mol. The third-order valence-electron chi connectivity index (χ3n) is 3.48. The van der Waals surface area contributed by atoms with Gasteiger partial charge in [0, 0.05) is 25.0 Å². The fourth-order valence-corrected chi connectivity index (χ4v) is 3.08. The Morgan fingerprint density at radius 2 is 2.25 bits per heavy atom. The normalized spacial score (nSPS) is 19.3. The second-order valence-corrected chi connectivity index (χ2v) is 6.79. The summed E-state index contributed by atoms with van der Waals surface area (Å²) in [7, 11) is 1.66. The number of nitrogens with zero attached hydrogens (tertiary/aromatic N) is 1. The number of rotatable bonds is 5. The van der Waals surface area contributed by atoms with Crippen LogP contribution in [0.4, 0.5) is 0 Å². The Kier molecular flexibility index (Phi) is 5.26. The first-order valence-corrected chi connectivity index (χ1v) is 7.82. The van der Waals surface area contributed by atoms with Gasteiger partial charge in [-0.25, -0.2) is 0 Å². The van der Waals surface area contributed by atoms with Crippen LogP contribution in [0.2, 0.25) is 4.34 Å². The molecule has 1 aliphatic carbocycles. The predicted octanol–water partition coefficient (Wildman–Crippen LogP) is 1.51. The van der Waals surface area contributed by atoms with Crippen molar-refractivity contribution in [2.24, 2.45) is 4.99 Å². The molecule has 0 aromatic carbocycles. The molecular formula is C13H20ClN3O2S. The summed E-state index contributed by atoms with van der Waals surface area (Å²) < 4.78 is 0.661. The molecule has 1 aliphatic rings. The molecule has 1 unspecified atom stereocenters. The highest BCUT2D eigenvalue weighted by Gasteiger charge is 2.34. The molecule has 2 rings (SSSR count). The quantitative estimate of drug-likeness (QED) is 0.490. The van der Waals surface area contributed by atoms with E-state index in [1.165, 1.54) is 11.3 Å². The summed E-state index contributed by atoms with van der Waals surface area (Å²) in [5.41, 5.74) is -0.600. The smallest absolute Gasteiger partial charge is 0.191 e. The number of halogens is 1. The van der Waals surface area contributed by atoms with Crippen molar-refractivity contribution in [3.05, 3.63) is 21.3 Å². The van der Waals surface area contributed by atoms with Gasteiger partial charge in [0.15, 0.2) is 5.96 Å². The van der Waals surface area contributed by atoms with Gasteiger partial charge in [0.25, 0.3) is 0 Å². The molecule has 7 heteroatoms. The highest BCUT2D eigenvalue weighted by atomic mass is 35.5. The molecule has 112 valence electrons. The molecule has 4 N–H and O–H groups in total.